The lowest BCUT2D eigenvalue weighted by atomic mass is 9.67. The lowest BCUT2D eigenvalue weighted by Crippen LogP contribution is -2.47. The highest BCUT2D eigenvalue weighted by atomic mass is 16.5. The molecular formula is C16H30O3. The number of hydrogen-bond donors (Lipinski definition) is 0. The Kier molecular flexibility index (Phi) is 6.84. The molecule has 1 rings (SSSR count). The van der Waals surface area contributed by atoms with Crippen LogP contribution < -0.4 is 0 Å². The molecule has 0 spiro atoms. The van der Waals surface area contributed by atoms with Crippen molar-refractivity contribution in [2.24, 2.45) is 17.3 Å². The number of rotatable bonds is 8. The van der Waals surface area contributed by atoms with Crippen molar-refractivity contribution >= 4 is 5.97 Å². The molecule has 0 radical (unpaired) electrons. The second-order valence-electron chi connectivity index (χ2n) is 5.95. The van der Waals surface area contributed by atoms with Crippen LogP contribution in [0.4, 0.5) is 0 Å². The van der Waals surface area contributed by atoms with Gasteiger partial charge in [-0.2, -0.15) is 0 Å². The number of ether oxygens (including phenoxy) is 2. The zero-order chi connectivity index (χ0) is 14.3. The first kappa shape index (κ1) is 16.5. The van der Waals surface area contributed by atoms with Gasteiger partial charge >= 0.3 is 5.97 Å². The van der Waals surface area contributed by atoms with Gasteiger partial charge in [0.1, 0.15) is 0 Å². The summed E-state index contributed by atoms with van der Waals surface area (Å²) in [5, 5.41) is 0. The van der Waals surface area contributed by atoms with Gasteiger partial charge in [-0.05, 0) is 38.0 Å². The van der Waals surface area contributed by atoms with E-state index in [2.05, 4.69) is 13.8 Å². The van der Waals surface area contributed by atoms with Crippen molar-refractivity contribution in [1.29, 1.82) is 0 Å². The van der Waals surface area contributed by atoms with Crippen LogP contribution in [-0.2, 0) is 14.3 Å². The van der Waals surface area contributed by atoms with E-state index in [1.807, 2.05) is 13.8 Å². The standard InChI is InChI=1S/C16H30O3/c1-5-11-19-15(17)16(13(3)4,12-18-6-2)14-9-7-8-10-14/h13-14H,5-12H2,1-4H3. The Bertz CT molecular complexity index is 269. The zero-order valence-corrected chi connectivity index (χ0v) is 13.0. The molecule has 1 unspecified atom stereocenters. The van der Waals surface area contributed by atoms with Gasteiger partial charge in [-0.15, -0.1) is 0 Å². The van der Waals surface area contributed by atoms with E-state index in [0.29, 0.717) is 25.7 Å². The second-order valence-corrected chi connectivity index (χ2v) is 5.95. The van der Waals surface area contributed by atoms with Crippen LogP contribution in [0.5, 0.6) is 0 Å². The quantitative estimate of drug-likeness (QED) is 0.629. The molecule has 0 heterocycles. The molecule has 1 saturated carbocycles. The Labute approximate surface area is 118 Å². The fourth-order valence-corrected chi connectivity index (χ4v) is 3.26. The maximum absolute atomic E-state index is 12.7. The third-order valence-corrected chi connectivity index (χ3v) is 4.48. The molecule has 1 fully saturated rings. The Hall–Kier alpha value is -0.570. The van der Waals surface area contributed by atoms with E-state index in [-0.39, 0.29) is 11.9 Å². The van der Waals surface area contributed by atoms with Crippen LogP contribution in [0, 0.1) is 17.3 Å². The van der Waals surface area contributed by atoms with Gasteiger partial charge in [0.2, 0.25) is 0 Å². The summed E-state index contributed by atoms with van der Waals surface area (Å²) in [5.41, 5.74) is -0.443. The van der Waals surface area contributed by atoms with Gasteiger partial charge in [0, 0.05) is 6.61 Å². The van der Waals surface area contributed by atoms with Crippen molar-refractivity contribution in [3.05, 3.63) is 0 Å². The number of carbonyl (C=O) groups is 1. The first-order valence-electron chi connectivity index (χ1n) is 7.84. The van der Waals surface area contributed by atoms with Crippen LogP contribution in [0.25, 0.3) is 0 Å². The molecule has 0 aromatic carbocycles. The van der Waals surface area contributed by atoms with Crippen LogP contribution >= 0.6 is 0 Å². The van der Waals surface area contributed by atoms with Crippen LogP contribution in [0.2, 0.25) is 0 Å². The molecule has 3 heteroatoms. The molecule has 0 N–H and O–H groups in total. The molecule has 0 bridgehead atoms. The molecule has 19 heavy (non-hydrogen) atoms. The Morgan fingerprint density at radius 3 is 2.37 bits per heavy atom. The van der Waals surface area contributed by atoms with Crippen LogP contribution in [0.3, 0.4) is 0 Å². The van der Waals surface area contributed by atoms with Crippen molar-refractivity contribution < 1.29 is 14.3 Å². The molecule has 1 aliphatic carbocycles. The lowest BCUT2D eigenvalue weighted by molar-refractivity contribution is -0.170. The maximum Gasteiger partial charge on any atom is 0.314 e. The molecule has 3 nitrogen and oxygen atoms in total. The molecular weight excluding hydrogens is 240 g/mol. The largest absolute Gasteiger partial charge is 0.465 e. The Morgan fingerprint density at radius 1 is 1.26 bits per heavy atom. The molecule has 0 amide bonds. The molecule has 0 saturated heterocycles. The summed E-state index contributed by atoms with van der Waals surface area (Å²) < 4.78 is 11.2. The minimum atomic E-state index is -0.443. The number of hydrogen-bond acceptors (Lipinski definition) is 3. The van der Waals surface area contributed by atoms with Gasteiger partial charge in [-0.3, -0.25) is 4.79 Å². The van der Waals surface area contributed by atoms with Gasteiger partial charge in [-0.25, -0.2) is 0 Å². The summed E-state index contributed by atoms with van der Waals surface area (Å²) in [4.78, 5) is 12.7. The molecule has 0 aliphatic heterocycles. The van der Waals surface area contributed by atoms with Crippen LogP contribution in [0.15, 0.2) is 0 Å². The van der Waals surface area contributed by atoms with Crippen molar-refractivity contribution in [2.75, 3.05) is 19.8 Å². The molecule has 1 aliphatic rings. The molecule has 0 aromatic heterocycles. The van der Waals surface area contributed by atoms with Gasteiger partial charge in [0.25, 0.3) is 0 Å². The molecule has 1 atom stereocenters. The predicted octanol–water partition coefficient (Wildman–Crippen LogP) is 3.81. The maximum atomic E-state index is 12.7. The van der Waals surface area contributed by atoms with E-state index in [1.165, 1.54) is 12.8 Å². The van der Waals surface area contributed by atoms with Crippen LogP contribution in [0.1, 0.15) is 59.8 Å². The average molecular weight is 270 g/mol. The van der Waals surface area contributed by atoms with E-state index in [0.717, 1.165) is 19.3 Å². The van der Waals surface area contributed by atoms with Crippen molar-refractivity contribution in [2.45, 2.75) is 59.8 Å². The third-order valence-electron chi connectivity index (χ3n) is 4.48. The minimum absolute atomic E-state index is 0.0373. The van der Waals surface area contributed by atoms with E-state index in [4.69, 9.17) is 9.47 Å². The van der Waals surface area contributed by atoms with E-state index < -0.39 is 5.41 Å². The van der Waals surface area contributed by atoms with Crippen molar-refractivity contribution in [3.8, 4) is 0 Å². The second kappa shape index (κ2) is 7.88. The summed E-state index contributed by atoms with van der Waals surface area (Å²) in [6.45, 7) is 9.96. The van der Waals surface area contributed by atoms with Crippen molar-refractivity contribution in [3.63, 3.8) is 0 Å². The third kappa shape index (κ3) is 3.71. The van der Waals surface area contributed by atoms with Gasteiger partial charge < -0.3 is 9.47 Å². The lowest BCUT2D eigenvalue weighted by Gasteiger charge is -2.40. The highest BCUT2D eigenvalue weighted by Crippen LogP contribution is 2.46. The van der Waals surface area contributed by atoms with E-state index >= 15 is 0 Å². The predicted molar refractivity (Wildman–Crippen MR) is 77.0 cm³/mol. The highest BCUT2D eigenvalue weighted by Gasteiger charge is 2.50. The van der Waals surface area contributed by atoms with Gasteiger partial charge in [0.15, 0.2) is 0 Å². The number of carbonyl (C=O) groups excluding carboxylic acids is 1. The van der Waals surface area contributed by atoms with E-state index in [9.17, 15) is 4.79 Å². The highest BCUT2D eigenvalue weighted by molar-refractivity contribution is 5.78. The SMILES string of the molecule is CCCOC(=O)C(COCC)(C(C)C)C1CCCC1. The smallest absolute Gasteiger partial charge is 0.314 e. The summed E-state index contributed by atoms with van der Waals surface area (Å²) in [7, 11) is 0. The Balaban J connectivity index is 2.92. The summed E-state index contributed by atoms with van der Waals surface area (Å²) in [6, 6.07) is 0. The van der Waals surface area contributed by atoms with Gasteiger partial charge in [-0.1, -0.05) is 33.6 Å². The molecule has 112 valence electrons. The van der Waals surface area contributed by atoms with Crippen molar-refractivity contribution in [1.82, 2.24) is 0 Å². The first-order valence-corrected chi connectivity index (χ1v) is 7.84. The fourth-order valence-electron chi connectivity index (χ4n) is 3.26. The summed E-state index contributed by atoms with van der Waals surface area (Å²) in [6.07, 6.45) is 5.59. The first-order chi connectivity index (χ1) is 9.09. The minimum Gasteiger partial charge on any atom is -0.465 e. The normalized spacial score (nSPS) is 19.6. The Morgan fingerprint density at radius 2 is 1.89 bits per heavy atom. The summed E-state index contributed by atoms with van der Waals surface area (Å²) >= 11 is 0. The monoisotopic (exact) mass is 270 g/mol. The van der Waals surface area contributed by atoms with E-state index in [1.54, 1.807) is 0 Å². The molecule has 0 aromatic rings. The topological polar surface area (TPSA) is 35.5 Å². The average Bonchev–Trinajstić information content (AvgIpc) is 2.91. The number of esters is 1. The fraction of sp³-hybridized carbons (Fsp3) is 0.938. The summed E-state index contributed by atoms with van der Waals surface area (Å²) in [5.74, 6) is 0.639. The van der Waals surface area contributed by atoms with Gasteiger partial charge in [0.05, 0.1) is 18.6 Å². The van der Waals surface area contributed by atoms with Crippen LogP contribution in [-0.4, -0.2) is 25.8 Å². The zero-order valence-electron chi connectivity index (χ0n) is 13.0.